The lowest BCUT2D eigenvalue weighted by atomic mass is 9.33. The number of carbonyl (C=O) groups is 2. The molecule has 2 amide bonds. The maximum atomic E-state index is 14.1. The molecule has 0 bridgehead atoms. The standard InChI is InChI=1S/C46H67N3O3/c1-30(2)33-17-22-46(48-40(52)47-45(24-25-45)29-49-27-9-8-10-28-49)26-23-43(6)35(38(33)46)15-16-37-42(5)20-18-34(31-11-13-32(14-12-31)39(50)51)41(3,4)36(42)19-21-44(37,43)7/h11-14,18,33,35-38H,1,8-10,15-17,19-29H2,2-7H3,(H,50,51)(H2,47,48,52)/t33-,35+,36-,37+,38+,42-,43+,44+,46-/m0/s1. The highest BCUT2D eigenvalue weighted by atomic mass is 16.4. The quantitative estimate of drug-likeness (QED) is 0.246. The minimum Gasteiger partial charge on any atom is -0.478 e. The summed E-state index contributed by atoms with van der Waals surface area (Å²) in [6, 6.07) is 7.68. The number of nitrogens with zero attached hydrogens (tertiary/aromatic N) is 1. The van der Waals surface area contributed by atoms with Crippen molar-refractivity contribution in [2.45, 2.75) is 143 Å². The topological polar surface area (TPSA) is 81.7 Å². The van der Waals surface area contributed by atoms with Crippen LogP contribution in [0.4, 0.5) is 4.79 Å². The summed E-state index contributed by atoms with van der Waals surface area (Å²) in [4.78, 5) is 28.3. The highest BCUT2D eigenvalue weighted by Crippen LogP contribution is 2.76. The van der Waals surface area contributed by atoms with Gasteiger partial charge in [-0.1, -0.05) is 71.4 Å². The van der Waals surface area contributed by atoms with E-state index < -0.39 is 5.97 Å². The zero-order valence-electron chi connectivity index (χ0n) is 33.2. The van der Waals surface area contributed by atoms with E-state index in [1.54, 1.807) is 12.1 Å². The summed E-state index contributed by atoms with van der Waals surface area (Å²) in [5.41, 5.74) is 4.69. The number of carboxylic acids is 1. The first kappa shape index (κ1) is 36.4. The van der Waals surface area contributed by atoms with Gasteiger partial charge in [-0.15, -0.1) is 0 Å². The zero-order valence-corrected chi connectivity index (χ0v) is 33.2. The first-order valence-corrected chi connectivity index (χ1v) is 21.1. The second-order valence-corrected chi connectivity index (χ2v) is 20.5. The van der Waals surface area contributed by atoms with Gasteiger partial charge in [0.2, 0.25) is 0 Å². The Balaban J connectivity index is 1.05. The molecular weight excluding hydrogens is 643 g/mol. The van der Waals surface area contributed by atoms with E-state index in [4.69, 9.17) is 0 Å². The number of likely N-dealkylation sites (tertiary alicyclic amines) is 1. The predicted octanol–water partition coefficient (Wildman–Crippen LogP) is 10.1. The molecule has 9 atom stereocenters. The monoisotopic (exact) mass is 710 g/mol. The van der Waals surface area contributed by atoms with Gasteiger partial charge in [-0.25, -0.2) is 9.59 Å². The molecule has 6 nitrogen and oxygen atoms in total. The smallest absolute Gasteiger partial charge is 0.335 e. The Morgan fingerprint density at radius 2 is 1.54 bits per heavy atom. The number of fused-ring (bicyclic) bond motifs is 7. The fourth-order valence-electron chi connectivity index (χ4n) is 14.8. The van der Waals surface area contributed by atoms with Crippen LogP contribution in [0.25, 0.3) is 5.57 Å². The summed E-state index contributed by atoms with van der Waals surface area (Å²) in [6.07, 6.45) is 19.2. The minimum atomic E-state index is -0.868. The Morgan fingerprint density at radius 3 is 2.19 bits per heavy atom. The third-order valence-corrected chi connectivity index (χ3v) is 17.7. The molecule has 1 saturated heterocycles. The van der Waals surface area contributed by atoms with Gasteiger partial charge in [0.15, 0.2) is 0 Å². The molecule has 6 heteroatoms. The van der Waals surface area contributed by atoms with Crippen LogP contribution < -0.4 is 10.6 Å². The van der Waals surface area contributed by atoms with Crippen molar-refractivity contribution in [3.8, 4) is 0 Å². The van der Waals surface area contributed by atoms with E-state index in [9.17, 15) is 14.7 Å². The first-order valence-electron chi connectivity index (χ1n) is 21.1. The van der Waals surface area contributed by atoms with Gasteiger partial charge in [0.05, 0.1) is 11.1 Å². The van der Waals surface area contributed by atoms with Crippen molar-refractivity contribution >= 4 is 17.6 Å². The van der Waals surface area contributed by atoms with Gasteiger partial charge in [-0.05, 0) is 178 Å². The van der Waals surface area contributed by atoms with E-state index in [-0.39, 0.29) is 38.8 Å². The van der Waals surface area contributed by atoms with Gasteiger partial charge in [0.1, 0.15) is 0 Å². The van der Waals surface area contributed by atoms with Crippen molar-refractivity contribution < 1.29 is 14.7 Å². The van der Waals surface area contributed by atoms with Crippen molar-refractivity contribution in [1.82, 2.24) is 15.5 Å². The van der Waals surface area contributed by atoms with E-state index in [0.717, 1.165) is 45.1 Å². The van der Waals surface area contributed by atoms with Crippen LogP contribution in [0.5, 0.6) is 0 Å². The zero-order chi connectivity index (χ0) is 36.9. The highest BCUT2D eigenvalue weighted by Gasteiger charge is 2.70. The maximum absolute atomic E-state index is 14.1. The summed E-state index contributed by atoms with van der Waals surface area (Å²) in [5, 5.41) is 16.9. The molecule has 8 rings (SSSR count). The van der Waals surface area contributed by atoms with Crippen molar-refractivity contribution in [2.24, 2.45) is 51.2 Å². The lowest BCUT2D eigenvalue weighted by molar-refractivity contribution is -0.218. The Hall–Kier alpha value is -2.60. The molecule has 5 saturated carbocycles. The van der Waals surface area contributed by atoms with Crippen molar-refractivity contribution in [3.05, 3.63) is 53.6 Å². The molecule has 6 fully saturated rings. The van der Waals surface area contributed by atoms with E-state index in [1.807, 2.05) is 12.1 Å². The lowest BCUT2D eigenvalue weighted by Crippen LogP contribution is -2.69. The second kappa shape index (κ2) is 12.5. The van der Waals surface area contributed by atoms with E-state index in [1.165, 1.54) is 81.2 Å². The summed E-state index contributed by atoms with van der Waals surface area (Å²) in [5.74, 6) is 1.83. The average molecular weight is 710 g/mol. The van der Waals surface area contributed by atoms with Crippen LogP contribution >= 0.6 is 0 Å². The van der Waals surface area contributed by atoms with Crippen molar-refractivity contribution in [2.75, 3.05) is 19.6 Å². The number of allylic oxidation sites excluding steroid dienone is 3. The summed E-state index contributed by atoms with van der Waals surface area (Å²) in [7, 11) is 0. The lowest BCUT2D eigenvalue weighted by Gasteiger charge is -2.72. The normalized spacial score (nSPS) is 41.7. The van der Waals surface area contributed by atoms with E-state index in [0.29, 0.717) is 35.2 Å². The van der Waals surface area contributed by atoms with Crippen molar-refractivity contribution in [1.29, 1.82) is 0 Å². The predicted molar refractivity (Wildman–Crippen MR) is 210 cm³/mol. The number of hydrogen-bond acceptors (Lipinski definition) is 3. The maximum Gasteiger partial charge on any atom is 0.335 e. The summed E-state index contributed by atoms with van der Waals surface area (Å²) in [6.45, 7) is 23.1. The number of amides is 2. The number of benzene rings is 1. The van der Waals surface area contributed by atoms with Crippen LogP contribution in [-0.2, 0) is 0 Å². The SMILES string of the molecule is C=C(C)[C@@H]1CC[C@]2(NC(=O)NC3(CN4CCCCC4)CC3)CC[C@]3(C)[C@H](CC[C@@H]4[C@@]5(C)CC=C(c6ccc(C(=O)O)cc6)C(C)(C)[C@@H]5CC[C@]43C)[C@@H]12. The summed E-state index contributed by atoms with van der Waals surface area (Å²) >= 11 is 0. The van der Waals surface area contributed by atoms with Gasteiger partial charge in [-0.3, -0.25) is 0 Å². The van der Waals surface area contributed by atoms with Gasteiger partial charge in [-0.2, -0.15) is 0 Å². The van der Waals surface area contributed by atoms with E-state index in [2.05, 4.69) is 69.7 Å². The Labute approximate surface area is 314 Å². The Kier molecular flexibility index (Phi) is 8.72. The fourth-order valence-corrected chi connectivity index (χ4v) is 14.8. The molecule has 3 N–H and O–H groups in total. The number of urea groups is 1. The third-order valence-electron chi connectivity index (χ3n) is 17.7. The number of aromatic carboxylic acids is 1. The summed E-state index contributed by atoms with van der Waals surface area (Å²) < 4.78 is 0. The van der Waals surface area contributed by atoms with Crippen LogP contribution in [0.3, 0.4) is 0 Å². The average Bonchev–Trinajstić information content (AvgIpc) is 3.72. The fraction of sp³-hybridized carbons (Fsp3) is 0.739. The number of hydrogen-bond donors (Lipinski definition) is 3. The molecule has 0 aromatic heterocycles. The van der Waals surface area contributed by atoms with Crippen LogP contribution in [0.2, 0.25) is 0 Å². The molecule has 0 unspecified atom stereocenters. The van der Waals surface area contributed by atoms with Crippen LogP contribution in [0.1, 0.15) is 147 Å². The Bertz CT molecular complexity index is 1640. The second-order valence-electron chi connectivity index (χ2n) is 20.5. The Morgan fingerprint density at radius 1 is 0.827 bits per heavy atom. The molecule has 6 aliphatic carbocycles. The molecular formula is C46H67N3O3. The molecule has 7 aliphatic rings. The number of rotatable bonds is 7. The highest BCUT2D eigenvalue weighted by molar-refractivity contribution is 5.88. The van der Waals surface area contributed by atoms with Gasteiger partial charge in [0, 0.05) is 12.1 Å². The minimum absolute atomic E-state index is 0.000752. The van der Waals surface area contributed by atoms with Crippen LogP contribution in [0.15, 0.2) is 42.5 Å². The number of carbonyl (C=O) groups excluding carboxylic acids is 1. The molecule has 0 spiro atoms. The van der Waals surface area contributed by atoms with Crippen molar-refractivity contribution in [3.63, 3.8) is 0 Å². The molecule has 0 radical (unpaired) electrons. The van der Waals surface area contributed by atoms with Gasteiger partial charge in [0.25, 0.3) is 0 Å². The third kappa shape index (κ3) is 5.49. The first-order chi connectivity index (χ1) is 24.6. The molecule has 1 aliphatic heterocycles. The van der Waals surface area contributed by atoms with Gasteiger partial charge >= 0.3 is 12.0 Å². The number of piperidine rings is 1. The molecule has 284 valence electrons. The number of carboxylic acid groups (broad SMARTS) is 1. The number of nitrogens with one attached hydrogen (secondary N) is 2. The van der Waals surface area contributed by atoms with Crippen LogP contribution in [-0.4, -0.2) is 52.7 Å². The largest absolute Gasteiger partial charge is 0.478 e. The molecule has 1 heterocycles. The molecule has 52 heavy (non-hydrogen) atoms. The van der Waals surface area contributed by atoms with Gasteiger partial charge < -0.3 is 20.6 Å². The van der Waals surface area contributed by atoms with E-state index >= 15 is 0 Å². The molecule has 1 aromatic rings. The molecule has 1 aromatic carbocycles. The van der Waals surface area contributed by atoms with Crippen LogP contribution in [0, 0.1) is 51.2 Å².